The molecule has 1 aromatic carbocycles. The van der Waals surface area contributed by atoms with Gasteiger partial charge in [0.25, 0.3) is 0 Å². The molecule has 6 nitrogen and oxygen atoms in total. The van der Waals surface area contributed by atoms with Crippen molar-refractivity contribution in [2.24, 2.45) is 5.92 Å². The lowest BCUT2D eigenvalue weighted by Gasteiger charge is -2.36. The maximum atomic E-state index is 12.4. The Balaban J connectivity index is 1.31. The van der Waals surface area contributed by atoms with E-state index < -0.39 is 0 Å². The highest BCUT2D eigenvalue weighted by Gasteiger charge is 2.22. The maximum absolute atomic E-state index is 12.4. The Bertz CT molecular complexity index is 735. The smallest absolute Gasteiger partial charge is 0.227 e. The predicted molar refractivity (Wildman–Crippen MR) is 108 cm³/mol. The lowest BCUT2D eigenvalue weighted by atomic mass is 9.88. The quantitative estimate of drug-likeness (QED) is 0.901. The Kier molecular flexibility index (Phi) is 5.51. The number of carbonyl (C=O) groups is 1. The Morgan fingerprint density at radius 1 is 0.889 bits per heavy atom. The molecule has 1 aromatic heterocycles. The number of benzene rings is 1. The molecule has 0 bridgehead atoms. The van der Waals surface area contributed by atoms with Crippen LogP contribution in [-0.4, -0.2) is 42.1 Å². The second-order valence-corrected chi connectivity index (χ2v) is 7.39. The molecule has 27 heavy (non-hydrogen) atoms. The van der Waals surface area contributed by atoms with Crippen molar-refractivity contribution < 1.29 is 4.79 Å². The molecular formula is C21H27N5O. The van der Waals surface area contributed by atoms with Gasteiger partial charge in [-0.15, -0.1) is 0 Å². The van der Waals surface area contributed by atoms with Crippen LogP contribution in [0.5, 0.6) is 0 Å². The zero-order valence-corrected chi connectivity index (χ0v) is 15.7. The second-order valence-electron chi connectivity index (χ2n) is 7.39. The van der Waals surface area contributed by atoms with Crippen LogP contribution < -0.4 is 15.1 Å². The fraction of sp³-hybridized carbons (Fsp3) is 0.476. The molecule has 0 unspecified atom stereocenters. The summed E-state index contributed by atoms with van der Waals surface area (Å²) in [7, 11) is 0. The van der Waals surface area contributed by atoms with Crippen molar-refractivity contribution >= 4 is 23.2 Å². The minimum Gasteiger partial charge on any atom is -0.368 e. The van der Waals surface area contributed by atoms with E-state index in [1.54, 1.807) is 12.4 Å². The van der Waals surface area contributed by atoms with Gasteiger partial charge in [-0.05, 0) is 43.2 Å². The normalized spacial score (nSPS) is 18.4. The van der Waals surface area contributed by atoms with Gasteiger partial charge in [-0.2, -0.15) is 0 Å². The average molecular weight is 365 g/mol. The summed E-state index contributed by atoms with van der Waals surface area (Å²) in [6.07, 6.45) is 9.25. The maximum Gasteiger partial charge on any atom is 0.227 e. The molecule has 6 heteroatoms. The number of nitrogens with one attached hydrogen (secondary N) is 1. The van der Waals surface area contributed by atoms with E-state index in [4.69, 9.17) is 0 Å². The molecule has 0 spiro atoms. The van der Waals surface area contributed by atoms with Gasteiger partial charge >= 0.3 is 0 Å². The standard InChI is InChI=1S/C21H27N5O/c27-20(17-5-2-1-3-6-17)24-18-7-9-19(10-8-18)25-13-15-26(16-14-25)21-22-11-4-12-23-21/h4,7-12,17H,1-3,5-6,13-16H2,(H,24,27). The molecule has 0 radical (unpaired) electrons. The fourth-order valence-electron chi connectivity index (χ4n) is 3.98. The summed E-state index contributed by atoms with van der Waals surface area (Å²) in [6, 6.07) is 10.1. The highest BCUT2D eigenvalue weighted by molar-refractivity contribution is 5.92. The average Bonchev–Trinajstić information content (AvgIpc) is 2.76. The van der Waals surface area contributed by atoms with Crippen LogP contribution in [0, 0.1) is 5.92 Å². The van der Waals surface area contributed by atoms with Gasteiger partial charge in [0.2, 0.25) is 11.9 Å². The van der Waals surface area contributed by atoms with Crippen LogP contribution in [0.1, 0.15) is 32.1 Å². The molecule has 142 valence electrons. The third kappa shape index (κ3) is 4.38. The first-order valence-corrected chi connectivity index (χ1v) is 9.97. The molecule has 0 atom stereocenters. The first kappa shape index (κ1) is 17.8. The van der Waals surface area contributed by atoms with Gasteiger partial charge in [0.15, 0.2) is 0 Å². The number of amides is 1. The van der Waals surface area contributed by atoms with E-state index in [0.29, 0.717) is 0 Å². The molecule has 1 aliphatic carbocycles. The minimum atomic E-state index is 0.180. The molecule has 2 fully saturated rings. The summed E-state index contributed by atoms with van der Waals surface area (Å²) in [5, 5.41) is 3.09. The predicted octanol–water partition coefficient (Wildman–Crippen LogP) is 3.32. The minimum absolute atomic E-state index is 0.180. The van der Waals surface area contributed by atoms with Gasteiger partial charge in [0, 0.05) is 55.9 Å². The molecule has 1 aliphatic heterocycles. The van der Waals surface area contributed by atoms with Crippen molar-refractivity contribution in [2.45, 2.75) is 32.1 Å². The Morgan fingerprint density at radius 3 is 2.19 bits per heavy atom. The van der Waals surface area contributed by atoms with E-state index in [9.17, 15) is 4.79 Å². The van der Waals surface area contributed by atoms with Crippen molar-refractivity contribution in [3.63, 3.8) is 0 Å². The van der Waals surface area contributed by atoms with Crippen LogP contribution in [-0.2, 0) is 4.79 Å². The number of aromatic nitrogens is 2. The van der Waals surface area contributed by atoms with Gasteiger partial charge in [-0.25, -0.2) is 9.97 Å². The number of piperazine rings is 1. The molecule has 4 rings (SSSR count). The van der Waals surface area contributed by atoms with Gasteiger partial charge in [-0.3, -0.25) is 4.79 Å². The number of hydrogen-bond acceptors (Lipinski definition) is 5. The van der Waals surface area contributed by atoms with Crippen LogP contribution in [0.4, 0.5) is 17.3 Å². The molecule has 2 aromatic rings. The number of carbonyl (C=O) groups excluding carboxylic acids is 1. The van der Waals surface area contributed by atoms with Crippen LogP contribution in [0.25, 0.3) is 0 Å². The molecule has 1 saturated heterocycles. The van der Waals surface area contributed by atoms with Gasteiger partial charge < -0.3 is 15.1 Å². The topological polar surface area (TPSA) is 61.4 Å². The van der Waals surface area contributed by atoms with Gasteiger partial charge in [-0.1, -0.05) is 19.3 Å². The number of hydrogen-bond donors (Lipinski definition) is 1. The summed E-state index contributed by atoms with van der Waals surface area (Å²) in [5.41, 5.74) is 2.09. The van der Waals surface area contributed by atoms with E-state index >= 15 is 0 Å². The molecule has 1 amide bonds. The first-order valence-electron chi connectivity index (χ1n) is 9.97. The van der Waals surface area contributed by atoms with Crippen molar-refractivity contribution in [3.8, 4) is 0 Å². The number of anilines is 3. The van der Waals surface area contributed by atoms with E-state index in [-0.39, 0.29) is 11.8 Å². The molecule has 1 saturated carbocycles. The SMILES string of the molecule is O=C(Nc1ccc(N2CCN(c3ncccn3)CC2)cc1)C1CCCCC1. The summed E-state index contributed by atoms with van der Waals surface area (Å²) in [4.78, 5) is 25.6. The third-order valence-corrected chi connectivity index (χ3v) is 5.59. The Hall–Kier alpha value is -2.63. The lowest BCUT2D eigenvalue weighted by molar-refractivity contribution is -0.120. The monoisotopic (exact) mass is 365 g/mol. The van der Waals surface area contributed by atoms with Crippen molar-refractivity contribution in [1.82, 2.24) is 9.97 Å². The highest BCUT2D eigenvalue weighted by Crippen LogP contribution is 2.26. The van der Waals surface area contributed by atoms with Crippen molar-refractivity contribution in [1.29, 1.82) is 0 Å². The number of rotatable bonds is 4. The van der Waals surface area contributed by atoms with E-state index in [1.807, 2.05) is 18.2 Å². The van der Waals surface area contributed by atoms with Gasteiger partial charge in [0.1, 0.15) is 0 Å². The van der Waals surface area contributed by atoms with E-state index in [0.717, 1.165) is 50.7 Å². The van der Waals surface area contributed by atoms with Crippen LogP contribution in [0.2, 0.25) is 0 Å². The largest absolute Gasteiger partial charge is 0.368 e. The summed E-state index contributed by atoms with van der Waals surface area (Å²) < 4.78 is 0. The molecule has 2 aliphatic rings. The highest BCUT2D eigenvalue weighted by atomic mass is 16.1. The summed E-state index contributed by atoms with van der Waals surface area (Å²) in [5.74, 6) is 1.17. The lowest BCUT2D eigenvalue weighted by Crippen LogP contribution is -2.47. The van der Waals surface area contributed by atoms with E-state index in [1.165, 1.54) is 24.9 Å². The molecule has 1 N–H and O–H groups in total. The fourth-order valence-corrected chi connectivity index (χ4v) is 3.98. The molecular weight excluding hydrogens is 338 g/mol. The van der Waals surface area contributed by atoms with Crippen molar-refractivity contribution in [2.75, 3.05) is 41.3 Å². The van der Waals surface area contributed by atoms with Gasteiger partial charge in [0.05, 0.1) is 0 Å². The van der Waals surface area contributed by atoms with Crippen LogP contribution in [0.3, 0.4) is 0 Å². The number of nitrogens with zero attached hydrogens (tertiary/aromatic N) is 4. The van der Waals surface area contributed by atoms with Crippen LogP contribution >= 0.6 is 0 Å². The van der Waals surface area contributed by atoms with Crippen LogP contribution in [0.15, 0.2) is 42.7 Å². The Labute approximate surface area is 160 Å². The second kappa shape index (κ2) is 8.37. The zero-order chi connectivity index (χ0) is 18.5. The first-order chi connectivity index (χ1) is 13.3. The Morgan fingerprint density at radius 2 is 1.52 bits per heavy atom. The molecule has 2 heterocycles. The summed E-state index contributed by atoms with van der Waals surface area (Å²) >= 11 is 0. The van der Waals surface area contributed by atoms with Crippen molar-refractivity contribution in [3.05, 3.63) is 42.7 Å². The summed E-state index contributed by atoms with van der Waals surface area (Å²) in [6.45, 7) is 3.69. The third-order valence-electron chi connectivity index (χ3n) is 5.59. The zero-order valence-electron chi connectivity index (χ0n) is 15.7. The van der Waals surface area contributed by atoms with E-state index in [2.05, 4.69) is 37.2 Å².